The Bertz CT molecular complexity index is 1260. The van der Waals surface area contributed by atoms with E-state index in [0.717, 1.165) is 29.1 Å². The molecule has 168 valence electrons. The van der Waals surface area contributed by atoms with Gasteiger partial charge in [0.15, 0.2) is 5.11 Å². The van der Waals surface area contributed by atoms with Gasteiger partial charge in [-0.2, -0.15) is 0 Å². The smallest absolute Gasteiger partial charge is 0.270 e. The predicted molar refractivity (Wildman–Crippen MR) is 136 cm³/mol. The first-order valence-electron chi connectivity index (χ1n) is 11.1. The lowest BCUT2D eigenvalue weighted by atomic mass is 10.1. The molecule has 4 rings (SSSR count). The average molecular weight is 458 g/mol. The highest BCUT2D eigenvalue weighted by Gasteiger charge is 2.40. The molecule has 1 aromatic heterocycles. The average Bonchev–Trinajstić information content (AvgIpc) is 3.08. The monoisotopic (exact) mass is 457 g/mol. The molecule has 2 aromatic carbocycles. The number of aromatic nitrogens is 1. The highest BCUT2D eigenvalue weighted by atomic mass is 32.1. The number of para-hydroxylation sites is 1. The summed E-state index contributed by atoms with van der Waals surface area (Å²) in [6.45, 7) is 8.51. The maximum Gasteiger partial charge on any atom is 0.270 e. The van der Waals surface area contributed by atoms with E-state index in [4.69, 9.17) is 12.2 Å². The van der Waals surface area contributed by atoms with Gasteiger partial charge in [0.25, 0.3) is 11.8 Å². The van der Waals surface area contributed by atoms with Crippen LogP contribution < -0.4 is 4.90 Å². The van der Waals surface area contributed by atoms with Crippen molar-refractivity contribution in [3.63, 3.8) is 0 Å². The Morgan fingerprint density at radius 3 is 2.18 bits per heavy atom. The fourth-order valence-corrected chi connectivity index (χ4v) is 4.54. The van der Waals surface area contributed by atoms with Crippen molar-refractivity contribution in [3.8, 4) is 5.69 Å². The van der Waals surface area contributed by atoms with E-state index in [2.05, 4.69) is 35.8 Å². The molecule has 0 aliphatic carbocycles. The third-order valence-electron chi connectivity index (χ3n) is 5.86. The summed E-state index contributed by atoms with van der Waals surface area (Å²) in [5.74, 6) is -0.747. The maximum absolute atomic E-state index is 13.5. The molecule has 2 heterocycles. The summed E-state index contributed by atoms with van der Waals surface area (Å²) in [5, 5.41) is 0.223. The van der Waals surface area contributed by atoms with Crippen LogP contribution in [0.4, 0.5) is 5.69 Å². The van der Waals surface area contributed by atoms with E-state index >= 15 is 0 Å². The number of carbonyl (C=O) groups is 2. The van der Waals surface area contributed by atoms with Crippen molar-refractivity contribution in [3.05, 3.63) is 88.8 Å². The zero-order valence-electron chi connectivity index (χ0n) is 19.3. The number of amides is 2. The van der Waals surface area contributed by atoms with E-state index in [1.165, 1.54) is 15.4 Å². The van der Waals surface area contributed by atoms with Crippen LogP contribution in [0.15, 0.2) is 66.2 Å². The first-order valence-corrected chi connectivity index (χ1v) is 11.5. The van der Waals surface area contributed by atoms with Crippen LogP contribution in [0.1, 0.15) is 35.9 Å². The van der Waals surface area contributed by atoms with Gasteiger partial charge >= 0.3 is 0 Å². The van der Waals surface area contributed by atoms with Crippen LogP contribution in [-0.4, -0.2) is 32.9 Å². The van der Waals surface area contributed by atoms with Crippen molar-refractivity contribution in [2.24, 2.45) is 0 Å². The van der Waals surface area contributed by atoms with Gasteiger partial charge in [-0.05, 0) is 81.4 Å². The van der Waals surface area contributed by atoms with E-state index in [1.54, 1.807) is 6.08 Å². The fraction of sp³-hybridized carbons (Fsp3) is 0.222. The standard InChI is InChI=1S/C27H27N3O2S/c1-5-15-28-25(31)24(26(32)30(27(28)33)22-9-7-6-8-10-22)17-21-16-19(3)29(20(21)4)23-13-11-18(2)12-14-23/h6-14,16-17H,5,15H2,1-4H3/b24-17-. The molecule has 6 heteroatoms. The van der Waals surface area contributed by atoms with E-state index < -0.39 is 5.91 Å². The molecule has 0 spiro atoms. The van der Waals surface area contributed by atoms with Crippen LogP contribution in [0.3, 0.4) is 0 Å². The summed E-state index contributed by atoms with van der Waals surface area (Å²) in [6, 6.07) is 19.5. The summed E-state index contributed by atoms with van der Waals surface area (Å²) < 4.78 is 2.13. The molecule has 0 unspecified atom stereocenters. The molecule has 1 aliphatic rings. The summed E-state index contributed by atoms with van der Waals surface area (Å²) in [5.41, 5.74) is 5.83. The van der Waals surface area contributed by atoms with Gasteiger partial charge in [0.2, 0.25) is 0 Å². The van der Waals surface area contributed by atoms with Crippen LogP contribution in [0.2, 0.25) is 0 Å². The van der Waals surface area contributed by atoms with E-state index in [0.29, 0.717) is 12.2 Å². The molecule has 2 amide bonds. The van der Waals surface area contributed by atoms with Crippen LogP contribution in [-0.2, 0) is 9.59 Å². The first kappa shape index (κ1) is 22.7. The normalized spacial score (nSPS) is 15.6. The van der Waals surface area contributed by atoms with Gasteiger partial charge < -0.3 is 4.57 Å². The molecule has 1 saturated heterocycles. The Morgan fingerprint density at radius 1 is 0.879 bits per heavy atom. The number of carbonyl (C=O) groups excluding carboxylic acids is 2. The Kier molecular flexibility index (Phi) is 6.29. The predicted octanol–water partition coefficient (Wildman–Crippen LogP) is 5.36. The topological polar surface area (TPSA) is 45.6 Å². The molecular formula is C27H27N3O2S. The molecule has 3 aromatic rings. The lowest BCUT2D eigenvalue weighted by Crippen LogP contribution is -2.56. The number of hydrogen-bond donors (Lipinski definition) is 0. The second kappa shape index (κ2) is 9.16. The van der Waals surface area contributed by atoms with Crippen LogP contribution in [0.25, 0.3) is 11.8 Å². The van der Waals surface area contributed by atoms with Crippen molar-refractivity contribution in [1.29, 1.82) is 0 Å². The minimum atomic E-state index is -0.399. The highest BCUT2D eigenvalue weighted by Crippen LogP contribution is 2.28. The Hall–Kier alpha value is -3.51. The number of hydrogen-bond acceptors (Lipinski definition) is 3. The van der Waals surface area contributed by atoms with Crippen molar-refractivity contribution >= 4 is 40.9 Å². The lowest BCUT2D eigenvalue weighted by molar-refractivity contribution is -0.127. The summed E-state index contributed by atoms with van der Waals surface area (Å²) in [4.78, 5) is 29.8. The van der Waals surface area contributed by atoms with Gasteiger partial charge in [-0.3, -0.25) is 19.4 Å². The molecule has 0 bridgehead atoms. The first-order chi connectivity index (χ1) is 15.8. The Labute approximate surface area is 199 Å². The third-order valence-corrected chi connectivity index (χ3v) is 6.26. The van der Waals surface area contributed by atoms with Crippen LogP contribution in [0.5, 0.6) is 0 Å². The van der Waals surface area contributed by atoms with Crippen molar-refractivity contribution in [1.82, 2.24) is 9.47 Å². The third kappa shape index (κ3) is 4.14. The van der Waals surface area contributed by atoms with E-state index in [1.807, 2.05) is 57.2 Å². The number of aryl methyl sites for hydroxylation is 2. The molecule has 0 N–H and O–H groups in total. The number of thiocarbonyl (C=S) groups is 1. The zero-order valence-corrected chi connectivity index (χ0v) is 20.1. The molecule has 5 nitrogen and oxygen atoms in total. The van der Waals surface area contributed by atoms with Gasteiger partial charge in [-0.25, -0.2) is 0 Å². The van der Waals surface area contributed by atoms with Crippen molar-refractivity contribution < 1.29 is 9.59 Å². The van der Waals surface area contributed by atoms with Gasteiger partial charge in [0.05, 0.1) is 5.69 Å². The second-order valence-electron chi connectivity index (χ2n) is 8.27. The van der Waals surface area contributed by atoms with Gasteiger partial charge in [0, 0.05) is 23.6 Å². The minimum Gasteiger partial charge on any atom is -0.318 e. The van der Waals surface area contributed by atoms with Crippen molar-refractivity contribution in [2.45, 2.75) is 34.1 Å². The fourth-order valence-electron chi connectivity index (χ4n) is 4.18. The largest absolute Gasteiger partial charge is 0.318 e. The summed E-state index contributed by atoms with van der Waals surface area (Å²) in [6.07, 6.45) is 2.44. The Balaban J connectivity index is 1.81. The van der Waals surface area contributed by atoms with Crippen molar-refractivity contribution in [2.75, 3.05) is 11.4 Å². The highest BCUT2D eigenvalue weighted by molar-refractivity contribution is 7.80. The molecule has 1 fully saturated rings. The summed E-state index contributed by atoms with van der Waals surface area (Å²) >= 11 is 5.57. The number of nitrogens with zero attached hydrogens (tertiary/aromatic N) is 3. The van der Waals surface area contributed by atoms with Gasteiger partial charge in [-0.15, -0.1) is 0 Å². The number of rotatable bonds is 5. The van der Waals surface area contributed by atoms with Gasteiger partial charge in [0.1, 0.15) is 5.57 Å². The van der Waals surface area contributed by atoms with E-state index in [9.17, 15) is 9.59 Å². The molecule has 0 atom stereocenters. The number of benzene rings is 2. The molecule has 33 heavy (non-hydrogen) atoms. The SMILES string of the molecule is CCCN1C(=O)/C(=C/c2cc(C)n(-c3ccc(C)cc3)c2C)C(=O)N(c2ccccc2)C1=S. The zero-order chi connectivity index (χ0) is 23.7. The summed E-state index contributed by atoms with van der Waals surface area (Å²) in [7, 11) is 0. The molecule has 1 aliphatic heterocycles. The lowest BCUT2D eigenvalue weighted by Gasteiger charge is -2.36. The van der Waals surface area contributed by atoms with Crippen LogP contribution >= 0.6 is 12.2 Å². The van der Waals surface area contributed by atoms with Crippen LogP contribution in [0, 0.1) is 20.8 Å². The number of anilines is 1. The maximum atomic E-state index is 13.5. The van der Waals surface area contributed by atoms with E-state index in [-0.39, 0.29) is 16.6 Å². The molecule has 0 saturated carbocycles. The Morgan fingerprint density at radius 2 is 1.55 bits per heavy atom. The molecule has 0 radical (unpaired) electrons. The quantitative estimate of drug-likeness (QED) is 0.295. The van der Waals surface area contributed by atoms with Gasteiger partial charge in [-0.1, -0.05) is 42.8 Å². The minimum absolute atomic E-state index is 0.116. The molecular weight excluding hydrogens is 430 g/mol. The second-order valence-corrected chi connectivity index (χ2v) is 8.64.